The topological polar surface area (TPSA) is 20.3 Å². The van der Waals surface area contributed by atoms with E-state index in [9.17, 15) is 4.79 Å². The molecule has 0 saturated carbocycles. The lowest BCUT2D eigenvalue weighted by molar-refractivity contribution is 0.101. The van der Waals surface area contributed by atoms with Crippen LogP contribution in [0.25, 0.3) is 0 Å². The zero-order valence-corrected chi connectivity index (χ0v) is 11.1. The first kappa shape index (κ1) is 12.7. The average Bonchev–Trinajstić information content (AvgIpc) is 2.82. The van der Waals surface area contributed by atoms with Gasteiger partial charge in [0.2, 0.25) is 0 Å². The van der Waals surface area contributed by atoms with Gasteiger partial charge in [-0.25, -0.2) is 0 Å². The van der Waals surface area contributed by atoms with Crippen molar-refractivity contribution in [2.45, 2.75) is 24.7 Å². The van der Waals surface area contributed by atoms with Crippen molar-refractivity contribution in [3.05, 3.63) is 29.8 Å². The number of carbonyl (C=O) groups is 1. The molecule has 1 heterocycles. The summed E-state index contributed by atoms with van der Waals surface area (Å²) in [5.41, 5.74) is 0.816. The highest BCUT2D eigenvalue weighted by atomic mass is 32.2. The first-order valence-electron chi connectivity index (χ1n) is 6.22. The van der Waals surface area contributed by atoms with Crippen LogP contribution in [0.3, 0.4) is 0 Å². The highest BCUT2D eigenvalue weighted by Crippen LogP contribution is 2.20. The van der Waals surface area contributed by atoms with Crippen molar-refractivity contribution in [2.75, 3.05) is 25.4 Å². The number of Topliss-reactive ketones (excluding diaryl/α,β-unsaturated/α-hetero) is 1. The summed E-state index contributed by atoms with van der Waals surface area (Å²) in [7, 11) is 0. The number of hydrogen-bond acceptors (Lipinski definition) is 3. The number of rotatable bonds is 5. The maximum Gasteiger partial charge on any atom is 0.159 e. The van der Waals surface area contributed by atoms with Gasteiger partial charge in [-0.2, -0.15) is 0 Å². The van der Waals surface area contributed by atoms with Crippen LogP contribution in [-0.4, -0.2) is 36.1 Å². The smallest absolute Gasteiger partial charge is 0.159 e. The van der Waals surface area contributed by atoms with E-state index in [-0.39, 0.29) is 5.78 Å². The monoisotopic (exact) mass is 249 g/mol. The molecule has 92 valence electrons. The molecule has 17 heavy (non-hydrogen) atoms. The third-order valence-corrected chi connectivity index (χ3v) is 4.09. The molecule has 3 heteroatoms. The number of ketones is 1. The summed E-state index contributed by atoms with van der Waals surface area (Å²) in [4.78, 5) is 15.0. The molecule has 0 N–H and O–H groups in total. The predicted molar refractivity (Wildman–Crippen MR) is 72.8 cm³/mol. The van der Waals surface area contributed by atoms with E-state index in [1.165, 1.54) is 30.8 Å². The summed E-state index contributed by atoms with van der Waals surface area (Å²) < 4.78 is 0. The minimum absolute atomic E-state index is 0.145. The molecular formula is C14H19NOS. The molecule has 0 bridgehead atoms. The van der Waals surface area contributed by atoms with Crippen molar-refractivity contribution >= 4 is 17.5 Å². The Morgan fingerprint density at radius 3 is 2.82 bits per heavy atom. The fraction of sp³-hybridized carbons (Fsp3) is 0.500. The first-order valence-corrected chi connectivity index (χ1v) is 7.20. The normalized spacial score (nSPS) is 16.3. The van der Waals surface area contributed by atoms with Crippen LogP contribution in [0, 0.1) is 0 Å². The Hall–Kier alpha value is -0.800. The quantitative estimate of drug-likeness (QED) is 0.591. The molecule has 0 radical (unpaired) electrons. The van der Waals surface area contributed by atoms with Gasteiger partial charge in [0.05, 0.1) is 0 Å². The van der Waals surface area contributed by atoms with Crippen LogP contribution in [-0.2, 0) is 0 Å². The number of nitrogens with zero attached hydrogens (tertiary/aromatic N) is 1. The molecule has 1 aliphatic rings. The van der Waals surface area contributed by atoms with Crippen LogP contribution in [0.15, 0.2) is 29.2 Å². The van der Waals surface area contributed by atoms with Gasteiger partial charge in [0, 0.05) is 22.8 Å². The second-order valence-corrected chi connectivity index (χ2v) is 5.65. The van der Waals surface area contributed by atoms with Gasteiger partial charge >= 0.3 is 0 Å². The van der Waals surface area contributed by atoms with Crippen molar-refractivity contribution in [2.24, 2.45) is 0 Å². The molecule has 1 aromatic rings. The average molecular weight is 249 g/mol. The summed E-state index contributed by atoms with van der Waals surface area (Å²) in [5, 5.41) is 0. The zero-order chi connectivity index (χ0) is 12.1. The Morgan fingerprint density at radius 2 is 2.12 bits per heavy atom. The Bertz CT molecular complexity index is 386. The van der Waals surface area contributed by atoms with Crippen LogP contribution < -0.4 is 0 Å². The fourth-order valence-corrected chi connectivity index (χ4v) is 3.07. The molecule has 1 aromatic carbocycles. The first-order chi connectivity index (χ1) is 8.25. The second-order valence-electron chi connectivity index (χ2n) is 4.48. The summed E-state index contributed by atoms with van der Waals surface area (Å²) in [6, 6.07) is 7.93. The summed E-state index contributed by atoms with van der Waals surface area (Å²) in [6.07, 6.45) is 2.70. The minimum atomic E-state index is 0.145. The fourth-order valence-electron chi connectivity index (χ4n) is 2.10. The van der Waals surface area contributed by atoms with E-state index in [1.807, 2.05) is 30.0 Å². The van der Waals surface area contributed by atoms with Gasteiger partial charge in [-0.3, -0.25) is 4.79 Å². The lowest BCUT2D eigenvalue weighted by Crippen LogP contribution is -2.21. The van der Waals surface area contributed by atoms with Crippen LogP contribution in [0.1, 0.15) is 30.1 Å². The van der Waals surface area contributed by atoms with Crippen LogP contribution in [0.2, 0.25) is 0 Å². The van der Waals surface area contributed by atoms with Gasteiger partial charge in [-0.1, -0.05) is 12.1 Å². The third-order valence-electron chi connectivity index (χ3n) is 3.12. The lowest BCUT2D eigenvalue weighted by atomic mass is 10.2. The number of likely N-dealkylation sites (tertiary alicyclic amines) is 1. The molecule has 0 amide bonds. The van der Waals surface area contributed by atoms with E-state index in [2.05, 4.69) is 11.0 Å². The predicted octanol–water partition coefficient (Wildman–Crippen LogP) is 3.08. The van der Waals surface area contributed by atoms with Crippen LogP contribution in [0.5, 0.6) is 0 Å². The molecule has 1 aliphatic heterocycles. The molecule has 0 spiro atoms. The molecule has 0 aliphatic carbocycles. The molecule has 0 atom stereocenters. The van der Waals surface area contributed by atoms with Gasteiger partial charge < -0.3 is 4.90 Å². The lowest BCUT2D eigenvalue weighted by Gasteiger charge is -2.13. The maximum atomic E-state index is 11.3. The SMILES string of the molecule is CC(=O)c1cccc(SCCN2CCCC2)c1. The molecule has 1 fully saturated rings. The molecule has 0 unspecified atom stereocenters. The minimum Gasteiger partial charge on any atom is -0.303 e. The number of thioether (sulfide) groups is 1. The van der Waals surface area contributed by atoms with Gasteiger partial charge in [0.1, 0.15) is 0 Å². The van der Waals surface area contributed by atoms with E-state index in [1.54, 1.807) is 6.92 Å². The summed E-state index contributed by atoms with van der Waals surface area (Å²) >= 11 is 1.84. The second kappa shape index (κ2) is 6.22. The van der Waals surface area contributed by atoms with Gasteiger partial charge in [0.15, 0.2) is 5.78 Å². The standard InChI is InChI=1S/C14H19NOS/c1-12(16)13-5-4-6-14(11-13)17-10-9-15-7-2-3-8-15/h4-6,11H,2-3,7-10H2,1H3. The van der Waals surface area contributed by atoms with Crippen LogP contribution >= 0.6 is 11.8 Å². The molecule has 2 rings (SSSR count). The molecule has 0 aromatic heterocycles. The van der Waals surface area contributed by atoms with Gasteiger partial charge in [0.25, 0.3) is 0 Å². The van der Waals surface area contributed by atoms with E-state index in [4.69, 9.17) is 0 Å². The summed E-state index contributed by atoms with van der Waals surface area (Å²) in [6.45, 7) is 5.30. The molecule has 1 saturated heterocycles. The Labute approximate surface area is 107 Å². The van der Waals surface area contributed by atoms with Gasteiger partial charge in [-0.05, 0) is 45.0 Å². The van der Waals surface area contributed by atoms with Crippen molar-refractivity contribution in [1.82, 2.24) is 4.90 Å². The highest BCUT2D eigenvalue weighted by Gasteiger charge is 2.10. The Morgan fingerprint density at radius 1 is 1.35 bits per heavy atom. The van der Waals surface area contributed by atoms with Crippen molar-refractivity contribution in [3.8, 4) is 0 Å². The third kappa shape index (κ3) is 3.86. The van der Waals surface area contributed by atoms with Crippen molar-refractivity contribution < 1.29 is 4.79 Å². The zero-order valence-electron chi connectivity index (χ0n) is 10.3. The summed E-state index contributed by atoms with van der Waals surface area (Å²) in [5.74, 6) is 1.26. The van der Waals surface area contributed by atoms with E-state index >= 15 is 0 Å². The Balaban J connectivity index is 1.81. The molecule has 2 nitrogen and oxygen atoms in total. The van der Waals surface area contributed by atoms with E-state index in [0.717, 1.165) is 17.9 Å². The molecular weight excluding hydrogens is 230 g/mol. The maximum absolute atomic E-state index is 11.3. The van der Waals surface area contributed by atoms with Crippen molar-refractivity contribution in [3.63, 3.8) is 0 Å². The number of carbonyl (C=O) groups excluding carboxylic acids is 1. The largest absolute Gasteiger partial charge is 0.303 e. The highest BCUT2D eigenvalue weighted by molar-refractivity contribution is 7.99. The number of hydrogen-bond donors (Lipinski definition) is 0. The number of benzene rings is 1. The van der Waals surface area contributed by atoms with E-state index in [0.29, 0.717) is 0 Å². The van der Waals surface area contributed by atoms with E-state index < -0.39 is 0 Å². The Kier molecular flexibility index (Phi) is 4.63. The van der Waals surface area contributed by atoms with Crippen LogP contribution in [0.4, 0.5) is 0 Å². The van der Waals surface area contributed by atoms with Gasteiger partial charge in [-0.15, -0.1) is 11.8 Å². The van der Waals surface area contributed by atoms with Crippen molar-refractivity contribution in [1.29, 1.82) is 0 Å².